The molecule has 0 spiro atoms. The van der Waals surface area contributed by atoms with Crippen molar-refractivity contribution in [3.05, 3.63) is 199 Å². The molecule has 0 fully saturated rings. The highest BCUT2D eigenvalue weighted by molar-refractivity contribution is 6.04. The summed E-state index contributed by atoms with van der Waals surface area (Å²) in [7, 11) is 3.63. The van der Waals surface area contributed by atoms with Crippen LogP contribution in [0.3, 0.4) is 0 Å². The second-order valence-corrected chi connectivity index (χ2v) is 14.6. The Bertz CT molecular complexity index is 3180. The second kappa shape index (κ2) is 14.4. The molecule has 0 aliphatic carbocycles. The molecule has 0 unspecified atom stereocenters. The number of hydrogen-bond donors (Lipinski definition) is 0. The Morgan fingerprint density at radius 3 is 1.43 bits per heavy atom. The number of benzene rings is 8. The van der Waals surface area contributed by atoms with Crippen LogP contribution in [0.1, 0.15) is 0 Å². The number of fused-ring (bicyclic) bond motifs is 2. The first-order valence-electron chi connectivity index (χ1n) is 19.3. The molecule has 8 aromatic carbocycles. The predicted molar refractivity (Wildman–Crippen MR) is 237 cm³/mol. The van der Waals surface area contributed by atoms with E-state index in [1.165, 1.54) is 0 Å². The zero-order chi connectivity index (χ0) is 39.2. The summed E-state index contributed by atoms with van der Waals surface area (Å²) in [6.45, 7) is 0. The lowest BCUT2D eigenvalue weighted by Gasteiger charge is -2.14. The van der Waals surface area contributed by atoms with Crippen molar-refractivity contribution in [2.24, 2.45) is 14.1 Å². The monoisotopic (exact) mass is 747 g/mol. The Morgan fingerprint density at radius 2 is 0.759 bits per heavy atom. The van der Waals surface area contributed by atoms with Crippen LogP contribution < -0.4 is 5.69 Å². The summed E-state index contributed by atoms with van der Waals surface area (Å²) in [6.07, 6.45) is 0. The third-order valence-corrected chi connectivity index (χ3v) is 11.1. The Morgan fingerprint density at radius 1 is 0.328 bits per heavy atom. The number of aromatic nitrogens is 5. The SMILES string of the molecule is Cn1c(=O)n(C)c2cc(-c3ccc(-c4ccc(-c5ccc(-c6nc(-c7ccccc7)nc(-c7cccc(-c8ccccc8)c7)n6)c6ccccc56)cc4)cc3)ccc21. The van der Waals surface area contributed by atoms with Crippen LogP contribution in [0, 0.1) is 0 Å². The normalized spacial score (nSPS) is 11.3. The van der Waals surface area contributed by atoms with E-state index < -0.39 is 0 Å². The average Bonchev–Trinajstić information content (AvgIpc) is 3.52. The van der Waals surface area contributed by atoms with E-state index in [-0.39, 0.29) is 5.69 Å². The molecule has 2 heterocycles. The van der Waals surface area contributed by atoms with Gasteiger partial charge in [0.2, 0.25) is 0 Å². The first-order valence-corrected chi connectivity index (χ1v) is 19.3. The predicted octanol–water partition coefficient (Wildman–Crippen LogP) is 11.9. The number of nitrogens with zero attached hydrogens (tertiary/aromatic N) is 5. The van der Waals surface area contributed by atoms with Gasteiger partial charge in [0, 0.05) is 30.8 Å². The summed E-state index contributed by atoms with van der Waals surface area (Å²) in [5.41, 5.74) is 13.6. The second-order valence-electron chi connectivity index (χ2n) is 14.6. The van der Waals surface area contributed by atoms with Crippen LogP contribution in [0.5, 0.6) is 0 Å². The van der Waals surface area contributed by atoms with Crippen LogP contribution in [0.15, 0.2) is 193 Å². The maximum absolute atomic E-state index is 12.5. The molecule has 2 aromatic heterocycles. The van der Waals surface area contributed by atoms with Crippen molar-refractivity contribution in [3.63, 3.8) is 0 Å². The number of aryl methyl sites for hydroxylation is 2. The van der Waals surface area contributed by atoms with Gasteiger partial charge in [-0.05, 0) is 79.5 Å². The molecule has 0 aliphatic rings. The molecule has 0 saturated carbocycles. The largest absolute Gasteiger partial charge is 0.328 e. The highest BCUT2D eigenvalue weighted by Crippen LogP contribution is 2.37. The summed E-state index contributed by atoms with van der Waals surface area (Å²) in [5, 5.41) is 2.20. The molecule has 0 bridgehead atoms. The van der Waals surface area contributed by atoms with E-state index in [2.05, 4.69) is 146 Å². The van der Waals surface area contributed by atoms with Gasteiger partial charge in [0.25, 0.3) is 0 Å². The maximum Gasteiger partial charge on any atom is 0.328 e. The Kier molecular flexibility index (Phi) is 8.64. The molecule has 6 heteroatoms. The molecule has 10 aromatic rings. The van der Waals surface area contributed by atoms with Gasteiger partial charge in [-0.2, -0.15) is 0 Å². The van der Waals surface area contributed by atoms with Gasteiger partial charge in [-0.15, -0.1) is 0 Å². The van der Waals surface area contributed by atoms with Crippen LogP contribution in [-0.2, 0) is 14.1 Å². The molecule has 276 valence electrons. The van der Waals surface area contributed by atoms with Crippen LogP contribution in [0.25, 0.3) is 100 Å². The lowest BCUT2D eigenvalue weighted by atomic mass is 9.93. The minimum absolute atomic E-state index is 0.0227. The van der Waals surface area contributed by atoms with Gasteiger partial charge >= 0.3 is 5.69 Å². The molecule has 0 aliphatic heterocycles. The van der Waals surface area contributed by atoms with Gasteiger partial charge in [0.1, 0.15) is 0 Å². The lowest BCUT2D eigenvalue weighted by molar-refractivity contribution is 0.795. The molecule has 10 rings (SSSR count). The fourth-order valence-electron chi connectivity index (χ4n) is 7.94. The van der Waals surface area contributed by atoms with Crippen molar-refractivity contribution in [1.29, 1.82) is 0 Å². The van der Waals surface area contributed by atoms with Gasteiger partial charge < -0.3 is 0 Å². The first kappa shape index (κ1) is 34.8. The summed E-state index contributed by atoms with van der Waals surface area (Å²) < 4.78 is 3.38. The van der Waals surface area contributed by atoms with E-state index in [4.69, 9.17) is 15.0 Å². The fourth-order valence-corrected chi connectivity index (χ4v) is 7.94. The number of hydrogen-bond acceptors (Lipinski definition) is 4. The first-order chi connectivity index (χ1) is 28.5. The third-order valence-electron chi connectivity index (χ3n) is 11.1. The van der Waals surface area contributed by atoms with E-state index in [0.29, 0.717) is 17.5 Å². The molecular weight excluding hydrogens is 711 g/mol. The molecule has 0 atom stereocenters. The summed E-state index contributed by atoms with van der Waals surface area (Å²) in [4.78, 5) is 27.7. The van der Waals surface area contributed by atoms with Crippen molar-refractivity contribution in [2.75, 3.05) is 0 Å². The zero-order valence-electron chi connectivity index (χ0n) is 32.0. The van der Waals surface area contributed by atoms with Crippen molar-refractivity contribution in [3.8, 4) is 78.7 Å². The molecule has 0 N–H and O–H groups in total. The minimum Gasteiger partial charge on any atom is -0.295 e. The van der Waals surface area contributed by atoms with E-state index in [9.17, 15) is 4.79 Å². The molecule has 6 nitrogen and oxygen atoms in total. The van der Waals surface area contributed by atoms with Crippen molar-refractivity contribution >= 4 is 21.8 Å². The van der Waals surface area contributed by atoms with Gasteiger partial charge in [0.05, 0.1) is 11.0 Å². The molecule has 0 amide bonds. The van der Waals surface area contributed by atoms with Crippen molar-refractivity contribution in [2.45, 2.75) is 0 Å². The smallest absolute Gasteiger partial charge is 0.295 e. The molecule has 0 radical (unpaired) electrons. The van der Waals surface area contributed by atoms with E-state index in [1.54, 1.807) is 9.13 Å². The molecule has 58 heavy (non-hydrogen) atoms. The van der Waals surface area contributed by atoms with Gasteiger partial charge in [0.15, 0.2) is 17.5 Å². The molecule has 0 saturated heterocycles. The van der Waals surface area contributed by atoms with Crippen molar-refractivity contribution in [1.82, 2.24) is 24.1 Å². The van der Waals surface area contributed by atoms with E-state index in [0.717, 1.165) is 83.0 Å². The topological polar surface area (TPSA) is 65.6 Å². The van der Waals surface area contributed by atoms with Gasteiger partial charge in [-0.25, -0.2) is 19.7 Å². The number of rotatable bonds is 7. The van der Waals surface area contributed by atoms with Gasteiger partial charge in [-0.3, -0.25) is 9.13 Å². The molecular formula is C52H37N5O. The maximum atomic E-state index is 12.5. The van der Waals surface area contributed by atoms with E-state index in [1.807, 2.05) is 56.6 Å². The lowest BCUT2D eigenvalue weighted by Crippen LogP contribution is -2.19. The average molecular weight is 748 g/mol. The zero-order valence-corrected chi connectivity index (χ0v) is 32.0. The quantitative estimate of drug-likeness (QED) is 0.163. The Balaban J connectivity index is 0.994. The standard InChI is InChI=1S/C52H37N5O/c1-56-47-31-28-41(33-48(47)57(2)52(56)58)37-22-20-35(21-23-37)36-24-26-38(27-25-36)43-29-30-46(45-19-10-9-18-44(43)45)51-54-49(39-14-7-4-8-15-39)53-50(55-51)42-17-11-16-40(32-42)34-12-5-3-6-13-34/h3-33H,1-2H3. The number of imidazole rings is 1. The summed E-state index contributed by atoms with van der Waals surface area (Å²) >= 11 is 0. The van der Waals surface area contributed by atoms with Crippen LogP contribution in [-0.4, -0.2) is 24.1 Å². The Labute approximate surface area is 336 Å². The van der Waals surface area contributed by atoms with Crippen LogP contribution >= 0.6 is 0 Å². The van der Waals surface area contributed by atoms with Gasteiger partial charge in [-0.1, -0.05) is 164 Å². The Hall–Kier alpha value is -7.70. The summed E-state index contributed by atoms with van der Waals surface area (Å²) in [5.74, 6) is 1.89. The summed E-state index contributed by atoms with van der Waals surface area (Å²) in [6, 6.07) is 65.3. The fraction of sp³-hybridized carbons (Fsp3) is 0.0385. The van der Waals surface area contributed by atoms with Crippen LogP contribution in [0.2, 0.25) is 0 Å². The third kappa shape index (κ3) is 6.27. The van der Waals surface area contributed by atoms with Crippen molar-refractivity contribution < 1.29 is 0 Å². The van der Waals surface area contributed by atoms with Crippen LogP contribution in [0.4, 0.5) is 0 Å². The highest BCUT2D eigenvalue weighted by Gasteiger charge is 2.17. The highest BCUT2D eigenvalue weighted by atomic mass is 16.1. The van der Waals surface area contributed by atoms with E-state index >= 15 is 0 Å². The minimum atomic E-state index is -0.0227.